The second-order valence-corrected chi connectivity index (χ2v) is 4.53. The second kappa shape index (κ2) is 8.40. The van der Waals surface area contributed by atoms with Crippen molar-refractivity contribution < 1.29 is 4.74 Å². The topological polar surface area (TPSA) is 36.9 Å². The van der Waals surface area contributed by atoms with E-state index in [-0.39, 0.29) is 0 Å². The average Bonchev–Trinajstić information content (AvgIpc) is 2.44. The van der Waals surface area contributed by atoms with E-state index in [1.54, 1.807) is 7.11 Å². The van der Waals surface area contributed by atoms with Gasteiger partial charge < -0.3 is 15.0 Å². The Morgan fingerprint density at radius 3 is 2.53 bits per heavy atom. The van der Waals surface area contributed by atoms with E-state index in [9.17, 15) is 0 Å². The molecule has 0 heterocycles. The molecule has 1 rings (SSSR count). The number of rotatable bonds is 6. The molecule has 0 aliphatic heterocycles. The molecule has 0 bridgehead atoms. The van der Waals surface area contributed by atoms with E-state index in [0.717, 1.165) is 31.2 Å². The highest BCUT2D eigenvalue weighted by molar-refractivity contribution is 5.79. The molecule has 4 nitrogen and oxygen atoms in total. The molecule has 0 aromatic heterocycles. The maximum absolute atomic E-state index is 5.16. The molecular weight excluding hydrogens is 238 g/mol. The van der Waals surface area contributed by atoms with Gasteiger partial charge >= 0.3 is 0 Å². The first kappa shape index (κ1) is 15.3. The van der Waals surface area contributed by atoms with Crippen molar-refractivity contribution in [3.63, 3.8) is 0 Å². The van der Waals surface area contributed by atoms with Crippen LogP contribution in [0, 0.1) is 0 Å². The van der Waals surface area contributed by atoms with Crippen molar-refractivity contribution >= 4 is 5.96 Å². The lowest BCUT2D eigenvalue weighted by Crippen LogP contribution is -2.38. The Bertz CT molecular complexity index is 387. The summed E-state index contributed by atoms with van der Waals surface area (Å²) in [5.41, 5.74) is 1.24. The van der Waals surface area contributed by atoms with E-state index >= 15 is 0 Å². The fourth-order valence-corrected chi connectivity index (χ4v) is 1.84. The number of nitrogens with one attached hydrogen (secondary N) is 1. The molecule has 0 saturated carbocycles. The van der Waals surface area contributed by atoms with Gasteiger partial charge in [0.25, 0.3) is 0 Å². The summed E-state index contributed by atoms with van der Waals surface area (Å²) in [6, 6.07) is 8.12. The van der Waals surface area contributed by atoms with Crippen LogP contribution < -0.4 is 10.1 Å². The van der Waals surface area contributed by atoms with Gasteiger partial charge in [-0.15, -0.1) is 0 Å². The van der Waals surface area contributed by atoms with E-state index in [1.807, 2.05) is 26.2 Å². The van der Waals surface area contributed by atoms with Crippen LogP contribution in [0.3, 0.4) is 0 Å². The van der Waals surface area contributed by atoms with Crippen LogP contribution in [-0.2, 0) is 6.54 Å². The summed E-state index contributed by atoms with van der Waals surface area (Å²) in [5, 5.41) is 3.36. The first-order valence-corrected chi connectivity index (χ1v) is 6.76. The number of hydrogen-bond donors (Lipinski definition) is 1. The van der Waals surface area contributed by atoms with Crippen molar-refractivity contribution in [3.05, 3.63) is 29.8 Å². The van der Waals surface area contributed by atoms with E-state index in [1.165, 1.54) is 12.0 Å². The summed E-state index contributed by atoms with van der Waals surface area (Å²) in [5.74, 6) is 1.82. The van der Waals surface area contributed by atoms with Crippen LogP contribution in [0.5, 0.6) is 5.75 Å². The third-order valence-corrected chi connectivity index (χ3v) is 2.97. The quantitative estimate of drug-likeness (QED) is 0.487. The molecule has 0 amide bonds. The molecule has 0 radical (unpaired) electrons. The number of ether oxygens (including phenoxy) is 1. The molecule has 0 aliphatic carbocycles. The summed E-state index contributed by atoms with van der Waals surface area (Å²) in [6.45, 7) is 3.98. The summed E-state index contributed by atoms with van der Waals surface area (Å²) in [7, 11) is 5.55. The summed E-state index contributed by atoms with van der Waals surface area (Å²) < 4.78 is 5.16. The molecule has 19 heavy (non-hydrogen) atoms. The Balaban J connectivity index is 2.53. The van der Waals surface area contributed by atoms with Crippen LogP contribution >= 0.6 is 0 Å². The molecule has 0 saturated heterocycles. The van der Waals surface area contributed by atoms with Gasteiger partial charge in [0.1, 0.15) is 5.75 Å². The van der Waals surface area contributed by atoms with Crippen molar-refractivity contribution in [3.8, 4) is 5.75 Å². The fraction of sp³-hybridized carbons (Fsp3) is 0.533. The van der Waals surface area contributed by atoms with Gasteiger partial charge in [-0.2, -0.15) is 0 Å². The molecule has 1 N–H and O–H groups in total. The van der Waals surface area contributed by atoms with Crippen LogP contribution in [0.4, 0.5) is 0 Å². The third-order valence-electron chi connectivity index (χ3n) is 2.97. The van der Waals surface area contributed by atoms with Crippen LogP contribution in [0.1, 0.15) is 25.3 Å². The zero-order valence-corrected chi connectivity index (χ0v) is 12.4. The van der Waals surface area contributed by atoms with E-state index in [4.69, 9.17) is 4.74 Å². The number of hydrogen-bond acceptors (Lipinski definition) is 2. The molecule has 0 spiro atoms. The maximum atomic E-state index is 5.16. The molecule has 0 unspecified atom stereocenters. The Hall–Kier alpha value is -1.71. The van der Waals surface area contributed by atoms with Crippen LogP contribution in [0.15, 0.2) is 29.3 Å². The Morgan fingerprint density at radius 1 is 1.32 bits per heavy atom. The van der Waals surface area contributed by atoms with E-state index in [2.05, 4.69) is 34.3 Å². The first-order valence-electron chi connectivity index (χ1n) is 6.76. The monoisotopic (exact) mass is 263 g/mol. The highest BCUT2D eigenvalue weighted by Crippen LogP contribution is 2.12. The Kier molecular flexibility index (Phi) is 6.79. The van der Waals surface area contributed by atoms with Crippen LogP contribution in [0.25, 0.3) is 0 Å². The number of unbranched alkanes of at least 4 members (excludes halogenated alkanes) is 1. The standard InChI is InChI=1S/C15H25N3O/c1-5-6-11-17-15(16-2)18(3)12-13-7-9-14(19-4)10-8-13/h7-10H,5-6,11-12H2,1-4H3,(H,16,17). The van der Waals surface area contributed by atoms with Crippen molar-refractivity contribution in [1.29, 1.82) is 0 Å². The first-order chi connectivity index (χ1) is 9.21. The molecule has 1 aromatic carbocycles. The van der Waals surface area contributed by atoms with Crippen LogP contribution in [0.2, 0.25) is 0 Å². The van der Waals surface area contributed by atoms with Crippen molar-refractivity contribution in [2.45, 2.75) is 26.3 Å². The summed E-state index contributed by atoms with van der Waals surface area (Å²) in [4.78, 5) is 6.42. The van der Waals surface area contributed by atoms with E-state index in [0.29, 0.717) is 0 Å². The zero-order valence-electron chi connectivity index (χ0n) is 12.4. The normalized spacial score (nSPS) is 11.3. The van der Waals surface area contributed by atoms with Crippen molar-refractivity contribution in [1.82, 2.24) is 10.2 Å². The molecule has 106 valence electrons. The van der Waals surface area contributed by atoms with Gasteiger partial charge in [-0.05, 0) is 24.1 Å². The minimum Gasteiger partial charge on any atom is -0.497 e. The van der Waals surface area contributed by atoms with Gasteiger partial charge in [-0.25, -0.2) is 0 Å². The smallest absolute Gasteiger partial charge is 0.193 e. The predicted molar refractivity (Wildman–Crippen MR) is 80.7 cm³/mol. The third kappa shape index (κ3) is 5.20. The van der Waals surface area contributed by atoms with Gasteiger partial charge in [0.05, 0.1) is 7.11 Å². The second-order valence-electron chi connectivity index (χ2n) is 4.53. The highest BCUT2D eigenvalue weighted by atomic mass is 16.5. The minimum atomic E-state index is 0.829. The average molecular weight is 263 g/mol. The number of guanidine groups is 1. The largest absolute Gasteiger partial charge is 0.497 e. The van der Waals surface area contributed by atoms with E-state index < -0.39 is 0 Å². The summed E-state index contributed by atoms with van der Waals surface area (Å²) >= 11 is 0. The number of nitrogens with zero attached hydrogens (tertiary/aromatic N) is 2. The lowest BCUT2D eigenvalue weighted by Gasteiger charge is -2.22. The number of aliphatic imine (C=N–C) groups is 1. The number of methoxy groups -OCH3 is 1. The van der Waals surface area contributed by atoms with Gasteiger partial charge in [0.2, 0.25) is 0 Å². The highest BCUT2D eigenvalue weighted by Gasteiger charge is 2.05. The molecule has 0 fully saturated rings. The van der Waals surface area contributed by atoms with Crippen molar-refractivity contribution in [2.75, 3.05) is 27.7 Å². The van der Waals surface area contributed by atoms with Gasteiger partial charge in [-0.3, -0.25) is 4.99 Å². The fourth-order valence-electron chi connectivity index (χ4n) is 1.84. The minimum absolute atomic E-state index is 0.829. The Morgan fingerprint density at radius 2 is 2.00 bits per heavy atom. The van der Waals surface area contributed by atoms with Crippen LogP contribution in [-0.4, -0.2) is 38.6 Å². The SMILES string of the molecule is CCCCNC(=NC)N(C)Cc1ccc(OC)cc1. The zero-order chi connectivity index (χ0) is 14.1. The molecule has 0 aliphatic rings. The maximum Gasteiger partial charge on any atom is 0.193 e. The molecule has 4 heteroatoms. The lowest BCUT2D eigenvalue weighted by molar-refractivity contribution is 0.414. The predicted octanol–water partition coefficient (Wildman–Crippen LogP) is 2.50. The lowest BCUT2D eigenvalue weighted by atomic mass is 10.2. The molecule has 0 atom stereocenters. The number of benzene rings is 1. The van der Waals surface area contributed by atoms with Gasteiger partial charge in [-0.1, -0.05) is 25.5 Å². The molecular formula is C15H25N3O. The Labute approximate surface area is 116 Å². The van der Waals surface area contributed by atoms with Crippen molar-refractivity contribution in [2.24, 2.45) is 4.99 Å². The van der Waals surface area contributed by atoms with Gasteiger partial charge in [0.15, 0.2) is 5.96 Å². The summed E-state index contributed by atoms with van der Waals surface area (Å²) in [6.07, 6.45) is 2.35. The molecule has 1 aromatic rings. The van der Waals surface area contributed by atoms with Gasteiger partial charge in [0, 0.05) is 27.2 Å².